The van der Waals surface area contributed by atoms with E-state index in [1.54, 1.807) is 17.9 Å². The van der Waals surface area contributed by atoms with E-state index in [9.17, 15) is 23.2 Å². The number of nitrogens with zero attached hydrogens (tertiary/aromatic N) is 5. The molecule has 152 valence electrons. The summed E-state index contributed by atoms with van der Waals surface area (Å²) in [5, 5.41) is 12.0. The number of carbonyl (C=O) groups excluding carboxylic acids is 1. The van der Waals surface area contributed by atoms with Gasteiger partial charge in [0.15, 0.2) is 0 Å². The number of halogens is 3. The third-order valence-corrected chi connectivity index (χ3v) is 4.82. The maximum atomic E-state index is 13.7. The Kier molecular flexibility index (Phi) is 6.61. The Morgan fingerprint density at radius 2 is 2.18 bits per heavy atom. The van der Waals surface area contributed by atoms with E-state index in [2.05, 4.69) is 21.4 Å². The Hall–Kier alpha value is -2.67. The number of anilines is 1. The third-order valence-electron chi connectivity index (χ3n) is 4.82. The number of alkyl halides is 3. The molecule has 1 aromatic rings. The van der Waals surface area contributed by atoms with Crippen molar-refractivity contribution in [3.05, 3.63) is 24.0 Å². The van der Waals surface area contributed by atoms with Crippen LogP contribution in [-0.2, 0) is 0 Å². The number of aliphatic imine (C=N–C) groups is 1. The van der Waals surface area contributed by atoms with Gasteiger partial charge in [-0.2, -0.15) is 18.4 Å². The van der Waals surface area contributed by atoms with Crippen molar-refractivity contribution in [2.75, 3.05) is 38.1 Å². The zero-order valence-electron chi connectivity index (χ0n) is 16.0. The quantitative estimate of drug-likeness (QED) is 0.768. The Morgan fingerprint density at radius 1 is 1.46 bits per heavy atom. The first-order valence-corrected chi connectivity index (χ1v) is 8.85. The lowest BCUT2D eigenvalue weighted by molar-refractivity contribution is -0.201. The molecule has 2 rings (SSSR count). The van der Waals surface area contributed by atoms with Crippen molar-refractivity contribution in [1.29, 1.82) is 5.26 Å². The molecule has 1 aromatic heterocycles. The van der Waals surface area contributed by atoms with Gasteiger partial charge < -0.3 is 10.2 Å². The van der Waals surface area contributed by atoms with E-state index in [-0.39, 0.29) is 37.8 Å². The van der Waals surface area contributed by atoms with E-state index in [0.29, 0.717) is 5.69 Å². The topological polar surface area (TPSA) is 84.6 Å². The summed E-state index contributed by atoms with van der Waals surface area (Å²) in [7, 11) is 1.49. The molecular weight excluding hydrogens is 373 g/mol. The first-order valence-electron chi connectivity index (χ1n) is 8.85. The molecular formula is C18H23F3N6O. The van der Waals surface area contributed by atoms with Crippen LogP contribution in [0.2, 0.25) is 0 Å². The number of carbonyl (C=O) groups is 1. The van der Waals surface area contributed by atoms with E-state index < -0.39 is 17.8 Å². The molecule has 1 fully saturated rings. The molecule has 1 amide bonds. The lowest BCUT2D eigenvalue weighted by atomic mass is 9.97. The Labute approximate surface area is 161 Å². The van der Waals surface area contributed by atoms with Crippen molar-refractivity contribution in [2.24, 2.45) is 4.99 Å². The van der Waals surface area contributed by atoms with Crippen LogP contribution in [0.4, 0.5) is 18.9 Å². The monoisotopic (exact) mass is 396 g/mol. The molecule has 2 atom stereocenters. The molecule has 0 aliphatic carbocycles. The van der Waals surface area contributed by atoms with Gasteiger partial charge in [0.05, 0.1) is 18.0 Å². The van der Waals surface area contributed by atoms with Gasteiger partial charge in [0.2, 0.25) is 0 Å². The van der Waals surface area contributed by atoms with Crippen LogP contribution >= 0.6 is 0 Å². The van der Waals surface area contributed by atoms with Crippen molar-refractivity contribution in [3.8, 4) is 6.07 Å². The summed E-state index contributed by atoms with van der Waals surface area (Å²) in [6.45, 7) is 3.21. The molecule has 0 aromatic carbocycles. The number of aromatic nitrogens is 1. The van der Waals surface area contributed by atoms with Gasteiger partial charge in [-0.3, -0.25) is 14.7 Å². The average Bonchev–Trinajstić information content (AvgIpc) is 2.70. The number of rotatable bonds is 5. The maximum absolute atomic E-state index is 13.7. The van der Waals surface area contributed by atoms with E-state index in [4.69, 9.17) is 0 Å². The summed E-state index contributed by atoms with van der Waals surface area (Å²) in [6, 6.07) is 4.44. The summed E-state index contributed by atoms with van der Waals surface area (Å²) in [5.41, 5.74) is -1.44. The number of hydrogen-bond acceptors (Lipinski definition) is 6. The van der Waals surface area contributed by atoms with Gasteiger partial charge in [0.1, 0.15) is 17.3 Å². The van der Waals surface area contributed by atoms with Crippen LogP contribution < -0.4 is 10.2 Å². The van der Waals surface area contributed by atoms with E-state index >= 15 is 0 Å². The minimum atomic E-state index is -4.52. The Bertz CT molecular complexity index is 758. The normalized spacial score (nSPS) is 20.6. The molecule has 2 heterocycles. The van der Waals surface area contributed by atoms with Crippen LogP contribution in [0.25, 0.3) is 0 Å². The van der Waals surface area contributed by atoms with Crippen LogP contribution in [0.3, 0.4) is 0 Å². The van der Waals surface area contributed by atoms with Crippen LogP contribution in [0.5, 0.6) is 0 Å². The zero-order chi connectivity index (χ0) is 20.9. The Morgan fingerprint density at radius 3 is 2.68 bits per heavy atom. The molecule has 0 radical (unpaired) electrons. The van der Waals surface area contributed by atoms with Crippen molar-refractivity contribution >= 4 is 17.8 Å². The van der Waals surface area contributed by atoms with E-state index in [1.807, 2.05) is 0 Å². The van der Waals surface area contributed by atoms with Crippen molar-refractivity contribution in [1.82, 2.24) is 15.2 Å². The highest BCUT2D eigenvalue weighted by Gasteiger charge is 2.55. The second kappa shape index (κ2) is 8.56. The number of nitriles is 1. The van der Waals surface area contributed by atoms with Gasteiger partial charge in [0, 0.05) is 39.4 Å². The van der Waals surface area contributed by atoms with Crippen LogP contribution in [0.1, 0.15) is 24.3 Å². The molecule has 28 heavy (non-hydrogen) atoms. The zero-order valence-corrected chi connectivity index (χ0v) is 16.0. The van der Waals surface area contributed by atoms with Gasteiger partial charge in [-0.1, -0.05) is 0 Å². The molecule has 1 aliphatic heterocycles. The third kappa shape index (κ3) is 4.25. The number of piperazine rings is 1. The summed E-state index contributed by atoms with van der Waals surface area (Å²) in [6.07, 6.45) is -2.15. The predicted octanol–water partition coefficient (Wildman–Crippen LogP) is 1.87. The van der Waals surface area contributed by atoms with Crippen LogP contribution in [-0.4, -0.2) is 73.0 Å². The number of amides is 1. The molecule has 0 bridgehead atoms. The fraction of sp³-hybridized carbons (Fsp3) is 0.556. The molecule has 1 saturated heterocycles. The summed E-state index contributed by atoms with van der Waals surface area (Å²) in [5.74, 6) is -0.343. The number of pyridine rings is 1. The highest BCUT2D eigenvalue weighted by atomic mass is 19.4. The largest absolute Gasteiger partial charge is 0.411 e. The summed E-state index contributed by atoms with van der Waals surface area (Å²) >= 11 is 0. The first kappa shape index (κ1) is 21.6. The molecule has 0 spiro atoms. The van der Waals surface area contributed by atoms with Crippen LogP contribution in [0, 0.1) is 11.3 Å². The van der Waals surface area contributed by atoms with Crippen molar-refractivity contribution < 1.29 is 18.0 Å². The second-order valence-electron chi connectivity index (χ2n) is 6.54. The minimum absolute atomic E-state index is 0.0978. The number of hydrogen-bond donors (Lipinski definition) is 1. The standard InChI is InChI=1S/C18H23F3N6O/c1-4-24-12-17(2,18(19,20)21)26-7-8-27(14(9-22)11-26)13-5-6-15(25-10-13)16(28)23-3/h5-6,10,12,14H,4,7-8,11H2,1-3H3,(H,23,28)/b24-12-. The van der Waals surface area contributed by atoms with Gasteiger partial charge >= 0.3 is 6.18 Å². The average molecular weight is 396 g/mol. The smallest absolute Gasteiger partial charge is 0.354 e. The fourth-order valence-electron chi connectivity index (χ4n) is 3.05. The molecule has 1 aliphatic rings. The minimum Gasteiger partial charge on any atom is -0.354 e. The van der Waals surface area contributed by atoms with Gasteiger partial charge in [-0.15, -0.1) is 0 Å². The SMILES string of the molecule is CC/N=C\C(C)(N1CCN(c2ccc(C(=O)NC)nc2)C(C#N)C1)C(F)(F)F. The summed E-state index contributed by atoms with van der Waals surface area (Å²) in [4.78, 5) is 22.4. The molecule has 1 N–H and O–H groups in total. The highest BCUT2D eigenvalue weighted by Crippen LogP contribution is 2.36. The lowest BCUT2D eigenvalue weighted by Crippen LogP contribution is -2.65. The maximum Gasteiger partial charge on any atom is 0.411 e. The van der Waals surface area contributed by atoms with Crippen molar-refractivity contribution in [2.45, 2.75) is 31.6 Å². The van der Waals surface area contributed by atoms with Gasteiger partial charge in [0.25, 0.3) is 5.91 Å². The lowest BCUT2D eigenvalue weighted by Gasteiger charge is -2.47. The Balaban J connectivity index is 2.24. The van der Waals surface area contributed by atoms with Crippen molar-refractivity contribution in [3.63, 3.8) is 0 Å². The molecule has 0 saturated carbocycles. The summed E-state index contributed by atoms with van der Waals surface area (Å²) < 4.78 is 41.2. The van der Waals surface area contributed by atoms with E-state index in [1.165, 1.54) is 24.2 Å². The van der Waals surface area contributed by atoms with Gasteiger partial charge in [-0.05, 0) is 26.0 Å². The molecule has 2 unspecified atom stereocenters. The first-order chi connectivity index (χ1) is 13.2. The van der Waals surface area contributed by atoms with Gasteiger partial charge in [-0.25, -0.2) is 4.98 Å². The van der Waals surface area contributed by atoms with E-state index in [0.717, 1.165) is 13.1 Å². The second-order valence-corrected chi connectivity index (χ2v) is 6.54. The predicted molar refractivity (Wildman–Crippen MR) is 99.4 cm³/mol. The highest BCUT2D eigenvalue weighted by molar-refractivity contribution is 5.92. The number of nitrogens with one attached hydrogen (secondary N) is 1. The molecule has 7 nitrogen and oxygen atoms in total. The molecule has 10 heteroatoms. The fourth-order valence-corrected chi connectivity index (χ4v) is 3.05. The van der Waals surface area contributed by atoms with Crippen LogP contribution in [0.15, 0.2) is 23.3 Å².